The SMILES string of the molecule is CCCCCN(Cc1ccc(C#CCN)s1)C(C)C. The fourth-order valence-electron chi connectivity index (χ4n) is 1.95. The molecule has 0 saturated carbocycles. The Labute approximate surface area is 122 Å². The number of hydrogen-bond acceptors (Lipinski definition) is 3. The second-order valence-electron chi connectivity index (χ2n) is 5.04. The molecule has 0 amide bonds. The molecule has 106 valence electrons. The minimum absolute atomic E-state index is 0.433. The number of unbranched alkanes of at least 4 members (excludes halogenated alkanes) is 2. The van der Waals surface area contributed by atoms with Gasteiger partial charge in [0.05, 0.1) is 11.4 Å². The van der Waals surface area contributed by atoms with Gasteiger partial charge < -0.3 is 5.73 Å². The third-order valence-electron chi connectivity index (χ3n) is 3.11. The maximum Gasteiger partial charge on any atom is 0.0772 e. The van der Waals surface area contributed by atoms with E-state index in [9.17, 15) is 0 Å². The van der Waals surface area contributed by atoms with Gasteiger partial charge in [0.1, 0.15) is 0 Å². The highest BCUT2D eigenvalue weighted by Gasteiger charge is 2.10. The summed E-state index contributed by atoms with van der Waals surface area (Å²) < 4.78 is 0. The van der Waals surface area contributed by atoms with E-state index in [4.69, 9.17) is 5.73 Å². The summed E-state index contributed by atoms with van der Waals surface area (Å²) in [5, 5.41) is 0. The quantitative estimate of drug-likeness (QED) is 0.611. The molecule has 19 heavy (non-hydrogen) atoms. The first-order valence-electron chi connectivity index (χ1n) is 7.19. The van der Waals surface area contributed by atoms with Gasteiger partial charge in [-0.25, -0.2) is 0 Å². The van der Waals surface area contributed by atoms with Crippen molar-refractivity contribution in [2.24, 2.45) is 5.73 Å². The summed E-state index contributed by atoms with van der Waals surface area (Å²) in [6.07, 6.45) is 3.89. The number of rotatable bonds is 7. The van der Waals surface area contributed by atoms with Crippen LogP contribution >= 0.6 is 11.3 Å². The molecule has 0 fully saturated rings. The summed E-state index contributed by atoms with van der Waals surface area (Å²) in [4.78, 5) is 5.06. The number of nitrogens with zero attached hydrogens (tertiary/aromatic N) is 1. The van der Waals surface area contributed by atoms with E-state index in [0.29, 0.717) is 12.6 Å². The largest absolute Gasteiger partial charge is 0.320 e. The van der Waals surface area contributed by atoms with Crippen LogP contribution in [-0.2, 0) is 6.54 Å². The van der Waals surface area contributed by atoms with Crippen molar-refractivity contribution in [2.75, 3.05) is 13.1 Å². The standard InChI is InChI=1S/C16H26N2S/c1-4-5-6-12-18(14(2)3)13-16-10-9-15(19-16)8-7-11-17/h9-10,14H,4-6,11-13,17H2,1-3H3. The Kier molecular flexibility index (Phi) is 7.81. The van der Waals surface area contributed by atoms with E-state index in [0.717, 1.165) is 11.4 Å². The van der Waals surface area contributed by atoms with E-state index >= 15 is 0 Å². The van der Waals surface area contributed by atoms with Crippen molar-refractivity contribution in [3.8, 4) is 11.8 Å². The third kappa shape index (κ3) is 6.24. The Bertz CT molecular complexity index is 412. The van der Waals surface area contributed by atoms with Crippen molar-refractivity contribution in [1.82, 2.24) is 4.90 Å². The highest BCUT2D eigenvalue weighted by molar-refractivity contribution is 7.12. The van der Waals surface area contributed by atoms with Crippen LogP contribution < -0.4 is 5.73 Å². The predicted octanol–water partition coefficient (Wildman–Crippen LogP) is 3.46. The van der Waals surface area contributed by atoms with Crippen LogP contribution in [0.5, 0.6) is 0 Å². The van der Waals surface area contributed by atoms with Crippen LogP contribution in [0, 0.1) is 11.8 Å². The highest BCUT2D eigenvalue weighted by atomic mass is 32.1. The van der Waals surface area contributed by atoms with Crippen molar-refractivity contribution in [1.29, 1.82) is 0 Å². The summed E-state index contributed by atoms with van der Waals surface area (Å²) in [6, 6.07) is 4.89. The van der Waals surface area contributed by atoms with E-state index in [1.165, 1.54) is 30.7 Å². The van der Waals surface area contributed by atoms with Crippen molar-refractivity contribution < 1.29 is 0 Å². The molecule has 2 N–H and O–H groups in total. The molecule has 3 heteroatoms. The summed E-state index contributed by atoms with van der Waals surface area (Å²) in [6.45, 7) is 9.46. The molecular weight excluding hydrogens is 252 g/mol. The smallest absolute Gasteiger partial charge is 0.0772 e. The van der Waals surface area contributed by atoms with Crippen molar-refractivity contribution >= 4 is 11.3 Å². The predicted molar refractivity (Wildman–Crippen MR) is 85.3 cm³/mol. The maximum absolute atomic E-state index is 5.39. The first-order chi connectivity index (χ1) is 9.17. The summed E-state index contributed by atoms with van der Waals surface area (Å²) in [5.74, 6) is 6.01. The van der Waals surface area contributed by atoms with E-state index in [1.54, 1.807) is 11.3 Å². The molecule has 0 radical (unpaired) electrons. The minimum Gasteiger partial charge on any atom is -0.320 e. The number of nitrogens with two attached hydrogens (primary N) is 1. The second-order valence-corrected chi connectivity index (χ2v) is 6.21. The Morgan fingerprint density at radius 3 is 2.74 bits per heavy atom. The summed E-state index contributed by atoms with van der Waals surface area (Å²) in [7, 11) is 0. The van der Waals surface area contributed by atoms with Crippen molar-refractivity contribution in [2.45, 2.75) is 52.6 Å². The molecule has 0 saturated heterocycles. The normalized spacial score (nSPS) is 10.8. The first kappa shape index (κ1) is 16.2. The molecule has 0 unspecified atom stereocenters. The van der Waals surface area contributed by atoms with Crippen molar-refractivity contribution in [3.63, 3.8) is 0 Å². The minimum atomic E-state index is 0.433. The van der Waals surface area contributed by atoms with Gasteiger partial charge in [0.2, 0.25) is 0 Å². The van der Waals surface area contributed by atoms with Gasteiger partial charge in [-0.3, -0.25) is 4.90 Å². The van der Waals surface area contributed by atoms with Crippen LogP contribution in [-0.4, -0.2) is 24.0 Å². The lowest BCUT2D eigenvalue weighted by Crippen LogP contribution is -2.30. The van der Waals surface area contributed by atoms with Gasteiger partial charge in [-0.1, -0.05) is 31.6 Å². The molecule has 0 aliphatic rings. The van der Waals surface area contributed by atoms with Crippen molar-refractivity contribution in [3.05, 3.63) is 21.9 Å². The van der Waals surface area contributed by atoms with Crippen LogP contribution in [0.25, 0.3) is 0 Å². The van der Waals surface area contributed by atoms with E-state index in [2.05, 4.69) is 49.6 Å². The monoisotopic (exact) mass is 278 g/mol. The van der Waals surface area contributed by atoms with Gasteiger partial charge >= 0.3 is 0 Å². The average Bonchev–Trinajstić information content (AvgIpc) is 2.83. The zero-order chi connectivity index (χ0) is 14.1. The van der Waals surface area contributed by atoms with E-state index in [1.807, 2.05) is 0 Å². The zero-order valence-corrected chi connectivity index (χ0v) is 13.2. The van der Waals surface area contributed by atoms with Crippen LogP contribution in [0.1, 0.15) is 49.8 Å². The molecule has 0 spiro atoms. The molecule has 1 aromatic heterocycles. The molecule has 0 bridgehead atoms. The maximum atomic E-state index is 5.39. The Morgan fingerprint density at radius 1 is 1.32 bits per heavy atom. The molecule has 1 rings (SSSR count). The molecule has 2 nitrogen and oxygen atoms in total. The van der Waals surface area contributed by atoms with Crippen LogP contribution in [0.4, 0.5) is 0 Å². The Balaban J connectivity index is 2.55. The van der Waals surface area contributed by atoms with E-state index in [-0.39, 0.29) is 0 Å². The molecule has 0 aliphatic carbocycles. The van der Waals surface area contributed by atoms with Gasteiger partial charge in [-0.15, -0.1) is 11.3 Å². The molecule has 1 heterocycles. The molecular formula is C16H26N2S. The number of hydrogen-bond donors (Lipinski definition) is 1. The summed E-state index contributed by atoms with van der Waals surface area (Å²) >= 11 is 1.79. The lowest BCUT2D eigenvalue weighted by atomic mass is 10.2. The molecule has 0 aliphatic heterocycles. The van der Waals surface area contributed by atoms with Gasteiger partial charge in [0.15, 0.2) is 0 Å². The Hall–Kier alpha value is -0.820. The highest BCUT2D eigenvalue weighted by Crippen LogP contribution is 2.19. The lowest BCUT2D eigenvalue weighted by Gasteiger charge is -2.25. The average molecular weight is 278 g/mol. The van der Waals surface area contributed by atoms with Gasteiger partial charge in [-0.05, 0) is 38.9 Å². The fourth-order valence-corrected chi connectivity index (χ4v) is 2.86. The number of thiophene rings is 1. The van der Waals surface area contributed by atoms with Crippen LogP contribution in [0.3, 0.4) is 0 Å². The molecule has 0 atom stereocenters. The van der Waals surface area contributed by atoms with Gasteiger partial charge in [0, 0.05) is 17.5 Å². The Morgan fingerprint density at radius 2 is 2.11 bits per heavy atom. The molecule has 0 aromatic carbocycles. The van der Waals surface area contributed by atoms with Gasteiger partial charge in [-0.2, -0.15) is 0 Å². The molecule has 1 aromatic rings. The van der Waals surface area contributed by atoms with E-state index < -0.39 is 0 Å². The second kappa shape index (κ2) is 9.14. The van der Waals surface area contributed by atoms with Gasteiger partial charge in [0.25, 0.3) is 0 Å². The fraction of sp³-hybridized carbons (Fsp3) is 0.625. The lowest BCUT2D eigenvalue weighted by molar-refractivity contribution is 0.210. The summed E-state index contributed by atoms with van der Waals surface area (Å²) in [5.41, 5.74) is 5.39. The topological polar surface area (TPSA) is 29.3 Å². The zero-order valence-electron chi connectivity index (χ0n) is 12.4. The van der Waals surface area contributed by atoms with Crippen LogP contribution in [0.15, 0.2) is 12.1 Å². The third-order valence-corrected chi connectivity index (χ3v) is 4.10. The van der Waals surface area contributed by atoms with Crippen LogP contribution in [0.2, 0.25) is 0 Å². The first-order valence-corrected chi connectivity index (χ1v) is 8.00.